The van der Waals surface area contributed by atoms with Gasteiger partial charge >= 0.3 is 12.1 Å². The van der Waals surface area contributed by atoms with E-state index in [0.717, 1.165) is 24.0 Å². The Balaban J connectivity index is 1.96. The number of carboxylic acids is 1. The van der Waals surface area contributed by atoms with E-state index in [2.05, 4.69) is 13.8 Å². The molecular weight excluding hydrogens is 318 g/mol. The zero-order valence-corrected chi connectivity index (χ0v) is 15.6. The van der Waals surface area contributed by atoms with Crippen molar-refractivity contribution in [3.8, 4) is 0 Å². The van der Waals surface area contributed by atoms with E-state index in [1.54, 1.807) is 6.07 Å². The Hall–Kier alpha value is -2.04. The molecule has 0 spiro atoms. The van der Waals surface area contributed by atoms with Gasteiger partial charge in [-0.2, -0.15) is 0 Å². The molecule has 2 bridgehead atoms. The molecule has 5 nitrogen and oxygen atoms in total. The van der Waals surface area contributed by atoms with Crippen LogP contribution in [0.2, 0.25) is 0 Å². The zero-order chi connectivity index (χ0) is 18.6. The van der Waals surface area contributed by atoms with Crippen molar-refractivity contribution in [2.24, 2.45) is 5.92 Å². The van der Waals surface area contributed by atoms with Crippen LogP contribution < -0.4 is 0 Å². The third-order valence-corrected chi connectivity index (χ3v) is 5.88. The van der Waals surface area contributed by atoms with E-state index >= 15 is 0 Å². The lowest BCUT2D eigenvalue weighted by atomic mass is 9.59. The lowest BCUT2D eigenvalue weighted by molar-refractivity contribution is -0.0164. The second kappa shape index (κ2) is 5.75. The van der Waals surface area contributed by atoms with Crippen LogP contribution in [0.25, 0.3) is 0 Å². The van der Waals surface area contributed by atoms with Crippen molar-refractivity contribution in [3.05, 3.63) is 34.9 Å². The highest BCUT2D eigenvalue weighted by atomic mass is 16.6. The highest BCUT2D eigenvalue weighted by Gasteiger charge is 2.50. The minimum absolute atomic E-state index is 0.0804. The van der Waals surface area contributed by atoms with Crippen molar-refractivity contribution >= 4 is 12.1 Å². The molecule has 1 amide bonds. The molecule has 1 aliphatic heterocycles. The third-order valence-electron chi connectivity index (χ3n) is 5.88. The van der Waals surface area contributed by atoms with Crippen molar-refractivity contribution in [2.75, 3.05) is 6.54 Å². The molecule has 0 saturated carbocycles. The second-order valence-corrected chi connectivity index (χ2v) is 8.58. The van der Waals surface area contributed by atoms with Gasteiger partial charge in [0, 0.05) is 12.6 Å². The SMILES string of the molecule is CC1C2Cc3ccc(C(=O)O)cc3[C@]1(C)CCN2C(=O)OC(C)(C)C. The Morgan fingerprint density at radius 1 is 1.32 bits per heavy atom. The monoisotopic (exact) mass is 345 g/mol. The van der Waals surface area contributed by atoms with Crippen molar-refractivity contribution in [1.29, 1.82) is 0 Å². The van der Waals surface area contributed by atoms with Crippen LogP contribution in [0, 0.1) is 5.92 Å². The first-order valence-corrected chi connectivity index (χ1v) is 8.89. The minimum atomic E-state index is -0.896. The number of rotatable bonds is 1. The van der Waals surface area contributed by atoms with Gasteiger partial charge < -0.3 is 14.7 Å². The van der Waals surface area contributed by atoms with Crippen LogP contribution >= 0.6 is 0 Å². The third kappa shape index (κ3) is 3.00. The fourth-order valence-electron chi connectivity index (χ4n) is 4.30. The van der Waals surface area contributed by atoms with E-state index in [0.29, 0.717) is 12.1 Å². The van der Waals surface area contributed by atoms with Gasteiger partial charge in [0.25, 0.3) is 0 Å². The maximum absolute atomic E-state index is 12.6. The van der Waals surface area contributed by atoms with Crippen LogP contribution in [0.3, 0.4) is 0 Å². The van der Waals surface area contributed by atoms with Gasteiger partial charge in [-0.25, -0.2) is 9.59 Å². The number of hydrogen-bond acceptors (Lipinski definition) is 3. The predicted octanol–water partition coefficient (Wildman–Crippen LogP) is 3.84. The minimum Gasteiger partial charge on any atom is -0.478 e. The first kappa shape index (κ1) is 17.8. The summed E-state index contributed by atoms with van der Waals surface area (Å²) >= 11 is 0. The summed E-state index contributed by atoms with van der Waals surface area (Å²) in [7, 11) is 0. The van der Waals surface area contributed by atoms with Gasteiger partial charge in [-0.15, -0.1) is 0 Å². The van der Waals surface area contributed by atoms with Crippen LogP contribution in [0.5, 0.6) is 0 Å². The van der Waals surface area contributed by atoms with Gasteiger partial charge in [0.1, 0.15) is 5.60 Å². The number of amides is 1. The summed E-state index contributed by atoms with van der Waals surface area (Å²) in [6.07, 6.45) is 1.29. The van der Waals surface area contributed by atoms with Crippen molar-refractivity contribution in [2.45, 2.75) is 64.5 Å². The molecule has 3 rings (SSSR count). The number of hydrogen-bond donors (Lipinski definition) is 1. The average molecular weight is 345 g/mol. The Bertz CT molecular complexity index is 721. The summed E-state index contributed by atoms with van der Waals surface area (Å²) in [5, 5.41) is 9.31. The van der Waals surface area contributed by atoms with Crippen LogP contribution in [0.4, 0.5) is 4.79 Å². The number of carbonyl (C=O) groups excluding carboxylic acids is 1. The largest absolute Gasteiger partial charge is 0.478 e. The number of piperidine rings is 1. The molecule has 0 radical (unpaired) electrons. The van der Waals surface area contributed by atoms with Crippen LogP contribution in [-0.2, 0) is 16.6 Å². The molecule has 2 unspecified atom stereocenters. The Labute approximate surface area is 149 Å². The molecule has 3 atom stereocenters. The lowest BCUT2D eigenvalue weighted by Crippen LogP contribution is -2.60. The maximum atomic E-state index is 12.6. The van der Waals surface area contributed by atoms with Gasteiger partial charge in [0.2, 0.25) is 0 Å². The molecular formula is C20H27NO4. The van der Waals surface area contributed by atoms with Gasteiger partial charge in [-0.3, -0.25) is 0 Å². The zero-order valence-electron chi connectivity index (χ0n) is 15.6. The first-order valence-electron chi connectivity index (χ1n) is 8.89. The molecule has 5 heteroatoms. The van der Waals surface area contributed by atoms with E-state index in [1.165, 1.54) is 0 Å². The summed E-state index contributed by atoms with van der Waals surface area (Å²) in [5.41, 5.74) is 1.97. The summed E-state index contributed by atoms with van der Waals surface area (Å²) in [5.74, 6) is -0.655. The Morgan fingerprint density at radius 2 is 2.00 bits per heavy atom. The highest BCUT2D eigenvalue weighted by molar-refractivity contribution is 5.88. The molecule has 1 aromatic rings. The summed E-state index contributed by atoms with van der Waals surface area (Å²) in [6, 6.07) is 5.48. The Kier molecular flexibility index (Phi) is 4.09. The predicted molar refractivity (Wildman–Crippen MR) is 95.0 cm³/mol. The normalized spacial score (nSPS) is 28.3. The second-order valence-electron chi connectivity index (χ2n) is 8.58. The van der Waals surface area contributed by atoms with Crippen molar-refractivity contribution in [3.63, 3.8) is 0 Å². The lowest BCUT2D eigenvalue weighted by Gasteiger charge is -2.54. The topological polar surface area (TPSA) is 66.8 Å². The number of fused-ring (bicyclic) bond motifs is 4. The summed E-state index contributed by atoms with van der Waals surface area (Å²) in [6.45, 7) is 10.6. The number of benzene rings is 1. The van der Waals surface area contributed by atoms with E-state index in [-0.39, 0.29) is 23.5 Å². The fraction of sp³-hybridized carbons (Fsp3) is 0.600. The molecule has 1 aliphatic carbocycles. The van der Waals surface area contributed by atoms with Gasteiger partial charge in [-0.05, 0) is 68.2 Å². The number of carbonyl (C=O) groups is 2. The fourth-order valence-corrected chi connectivity index (χ4v) is 4.30. The van der Waals surface area contributed by atoms with Gasteiger partial charge in [0.15, 0.2) is 0 Å². The quantitative estimate of drug-likeness (QED) is 0.840. The van der Waals surface area contributed by atoms with E-state index in [1.807, 2.05) is 37.8 Å². The molecule has 1 heterocycles. The number of likely N-dealkylation sites (tertiary alicyclic amines) is 1. The van der Waals surface area contributed by atoms with E-state index in [9.17, 15) is 14.7 Å². The van der Waals surface area contributed by atoms with Crippen LogP contribution in [0.1, 0.15) is 62.5 Å². The van der Waals surface area contributed by atoms with E-state index in [4.69, 9.17) is 4.74 Å². The van der Waals surface area contributed by atoms with Gasteiger partial charge in [-0.1, -0.05) is 19.9 Å². The van der Waals surface area contributed by atoms with Gasteiger partial charge in [0.05, 0.1) is 5.56 Å². The smallest absolute Gasteiger partial charge is 0.410 e. The van der Waals surface area contributed by atoms with Crippen molar-refractivity contribution < 1.29 is 19.4 Å². The average Bonchev–Trinajstić information content (AvgIpc) is 2.48. The number of carboxylic acid groups (broad SMARTS) is 1. The molecule has 1 N–H and O–H groups in total. The number of aromatic carboxylic acids is 1. The molecule has 2 aliphatic rings. The van der Waals surface area contributed by atoms with E-state index < -0.39 is 11.6 Å². The highest BCUT2D eigenvalue weighted by Crippen LogP contribution is 2.49. The first-order chi connectivity index (χ1) is 11.5. The van der Waals surface area contributed by atoms with Crippen LogP contribution in [0.15, 0.2) is 18.2 Å². The molecule has 25 heavy (non-hydrogen) atoms. The molecule has 1 saturated heterocycles. The molecule has 0 aromatic heterocycles. The Morgan fingerprint density at radius 3 is 2.60 bits per heavy atom. The standard InChI is InChI=1S/C20H27NO4/c1-12-16-11-13-6-7-14(17(22)23)10-15(13)20(12,5)8-9-21(16)18(24)25-19(2,3)4/h6-7,10,12,16H,8-9,11H2,1-5H3,(H,22,23)/t12?,16?,20-/m1/s1. The summed E-state index contributed by atoms with van der Waals surface area (Å²) < 4.78 is 5.60. The number of nitrogens with zero attached hydrogens (tertiary/aromatic N) is 1. The molecule has 136 valence electrons. The maximum Gasteiger partial charge on any atom is 0.410 e. The van der Waals surface area contributed by atoms with Crippen molar-refractivity contribution in [1.82, 2.24) is 4.90 Å². The summed E-state index contributed by atoms with van der Waals surface area (Å²) in [4.78, 5) is 25.9. The number of ether oxygens (including phenoxy) is 1. The molecule has 1 fully saturated rings. The molecule has 1 aromatic carbocycles. The van der Waals surface area contributed by atoms with Crippen LogP contribution in [-0.4, -0.2) is 40.3 Å².